The average molecular weight is 181 g/mol. The maximum atomic E-state index is 11.2. The van der Waals surface area contributed by atoms with Gasteiger partial charge >= 0.3 is 0 Å². The third kappa shape index (κ3) is 1.96. The predicted molar refractivity (Wildman–Crippen MR) is 46.9 cm³/mol. The Morgan fingerprint density at radius 2 is 2.08 bits per heavy atom. The largest absolute Gasteiger partial charge is 0.497 e. The van der Waals surface area contributed by atoms with E-state index in [1.165, 1.54) is 19.3 Å². The summed E-state index contributed by atoms with van der Waals surface area (Å²) in [5.41, 5.74) is 0.298. The van der Waals surface area contributed by atoms with Gasteiger partial charge in [0, 0.05) is 18.7 Å². The van der Waals surface area contributed by atoms with Gasteiger partial charge < -0.3 is 10.1 Å². The van der Waals surface area contributed by atoms with E-state index in [-0.39, 0.29) is 0 Å². The van der Waals surface area contributed by atoms with E-state index in [4.69, 9.17) is 4.74 Å². The standard InChI is InChI=1S/C9H11NO3/c1-3-10-7-4-6(13-2)5-8(11)9(7)12/h4-5,10H,3H2,1-2H3. The maximum absolute atomic E-state index is 11.2. The van der Waals surface area contributed by atoms with Crippen molar-refractivity contribution in [1.82, 2.24) is 5.32 Å². The third-order valence-electron chi connectivity index (χ3n) is 1.63. The summed E-state index contributed by atoms with van der Waals surface area (Å²) in [6.07, 6.45) is 2.70. The summed E-state index contributed by atoms with van der Waals surface area (Å²) in [4.78, 5) is 22.3. The van der Waals surface area contributed by atoms with E-state index in [1.807, 2.05) is 6.92 Å². The van der Waals surface area contributed by atoms with Gasteiger partial charge in [-0.25, -0.2) is 0 Å². The van der Waals surface area contributed by atoms with Crippen LogP contribution >= 0.6 is 0 Å². The number of hydrogen-bond acceptors (Lipinski definition) is 4. The average Bonchev–Trinajstić information content (AvgIpc) is 2.13. The first-order valence-corrected chi connectivity index (χ1v) is 3.99. The molecule has 0 amide bonds. The molecule has 0 aromatic rings. The molecule has 0 saturated carbocycles. The lowest BCUT2D eigenvalue weighted by molar-refractivity contribution is -0.132. The minimum absolute atomic E-state index is 0.298. The molecular formula is C9H11NO3. The van der Waals surface area contributed by atoms with Crippen LogP contribution in [-0.4, -0.2) is 25.2 Å². The van der Waals surface area contributed by atoms with E-state index < -0.39 is 11.6 Å². The quantitative estimate of drug-likeness (QED) is 0.498. The molecule has 0 bridgehead atoms. The zero-order valence-electron chi connectivity index (χ0n) is 7.59. The van der Waals surface area contributed by atoms with Crippen LogP contribution in [0.15, 0.2) is 23.6 Å². The fourth-order valence-electron chi connectivity index (χ4n) is 1.02. The first-order valence-electron chi connectivity index (χ1n) is 3.99. The number of allylic oxidation sites excluding steroid dienone is 3. The number of Topliss-reactive ketones (excluding diaryl/α,β-unsaturated/α-hetero) is 1. The minimum atomic E-state index is -0.546. The lowest BCUT2D eigenvalue weighted by atomic mass is 10.1. The Labute approximate surface area is 76.3 Å². The topological polar surface area (TPSA) is 55.4 Å². The smallest absolute Gasteiger partial charge is 0.248 e. The number of ketones is 2. The van der Waals surface area contributed by atoms with Crippen LogP contribution in [-0.2, 0) is 14.3 Å². The van der Waals surface area contributed by atoms with Gasteiger partial charge in [0.25, 0.3) is 0 Å². The Morgan fingerprint density at radius 1 is 1.38 bits per heavy atom. The molecule has 0 saturated heterocycles. The van der Waals surface area contributed by atoms with Crippen LogP contribution in [0.25, 0.3) is 0 Å². The lowest BCUT2D eigenvalue weighted by Gasteiger charge is -2.11. The van der Waals surface area contributed by atoms with Gasteiger partial charge in [0.1, 0.15) is 5.76 Å². The Balaban J connectivity index is 2.91. The highest BCUT2D eigenvalue weighted by atomic mass is 16.5. The molecule has 1 N–H and O–H groups in total. The van der Waals surface area contributed by atoms with Crippen molar-refractivity contribution in [3.63, 3.8) is 0 Å². The predicted octanol–water partition coefficient (Wildman–Crippen LogP) is 0.162. The number of nitrogens with one attached hydrogen (secondary N) is 1. The number of ether oxygens (including phenoxy) is 1. The van der Waals surface area contributed by atoms with Gasteiger partial charge in [-0.1, -0.05) is 0 Å². The fraction of sp³-hybridized carbons (Fsp3) is 0.333. The molecule has 0 fully saturated rings. The van der Waals surface area contributed by atoms with E-state index in [0.717, 1.165) is 0 Å². The molecule has 4 heteroatoms. The van der Waals surface area contributed by atoms with Crippen molar-refractivity contribution in [2.75, 3.05) is 13.7 Å². The van der Waals surface area contributed by atoms with E-state index in [1.54, 1.807) is 0 Å². The molecule has 4 nitrogen and oxygen atoms in total. The van der Waals surface area contributed by atoms with E-state index in [2.05, 4.69) is 5.32 Å². The molecule has 0 aliphatic heterocycles. The second-order valence-corrected chi connectivity index (χ2v) is 2.53. The first kappa shape index (κ1) is 9.51. The zero-order chi connectivity index (χ0) is 9.84. The highest BCUT2D eigenvalue weighted by molar-refractivity contribution is 6.48. The van der Waals surface area contributed by atoms with Gasteiger partial charge in [-0.2, -0.15) is 0 Å². The van der Waals surface area contributed by atoms with Crippen molar-refractivity contribution in [2.24, 2.45) is 0 Å². The monoisotopic (exact) mass is 181 g/mol. The van der Waals surface area contributed by atoms with Gasteiger partial charge in [-0.05, 0) is 6.92 Å². The molecule has 0 aromatic heterocycles. The van der Waals surface area contributed by atoms with Crippen molar-refractivity contribution in [3.05, 3.63) is 23.6 Å². The molecule has 0 unspecified atom stereocenters. The van der Waals surface area contributed by atoms with Crippen LogP contribution in [0, 0.1) is 0 Å². The molecule has 13 heavy (non-hydrogen) atoms. The molecule has 1 aliphatic carbocycles. The van der Waals surface area contributed by atoms with Crippen LogP contribution in [0.5, 0.6) is 0 Å². The van der Waals surface area contributed by atoms with Crippen LogP contribution in [0.3, 0.4) is 0 Å². The molecule has 0 spiro atoms. The van der Waals surface area contributed by atoms with Crippen molar-refractivity contribution in [3.8, 4) is 0 Å². The summed E-state index contributed by atoms with van der Waals surface area (Å²) >= 11 is 0. The minimum Gasteiger partial charge on any atom is -0.497 e. The number of hydrogen-bond donors (Lipinski definition) is 1. The summed E-state index contributed by atoms with van der Waals surface area (Å²) in [5, 5.41) is 2.80. The summed E-state index contributed by atoms with van der Waals surface area (Å²) in [5.74, 6) is -0.654. The van der Waals surface area contributed by atoms with Gasteiger partial charge in [-0.15, -0.1) is 0 Å². The van der Waals surface area contributed by atoms with Crippen LogP contribution in [0.2, 0.25) is 0 Å². The van der Waals surface area contributed by atoms with E-state index >= 15 is 0 Å². The lowest BCUT2D eigenvalue weighted by Crippen LogP contribution is -2.28. The van der Waals surface area contributed by atoms with Crippen molar-refractivity contribution < 1.29 is 14.3 Å². The number of methoxy groups -OCH3 is 1. The van der Waals surface area contributed by atoms with Gasteiger partial charge in [-0.3, -0.25) is 9.59 Å². The number of carbonyl (C=O) groups is 2. The molecule has 0 heterocycles. The number of rotatable bonds is 3. The van der Waals surface area contributed by atoms with Gasteiger partial charge in [0.05, 0.1) is 12.8 Å². The summed E-state index contributed by atoms with van der Waals surface area (Å²) in [6.45, 7) is 2.45. The third-order valence-corrected chi connectivity index (χ3v) is 1.63. The number of carbonyl (C=O) groups excluding carboxylic acids is 2. The SMILES string of the molecule is CCNC1=CC(OC)=CC(=O)C1=O. The highest BCUT2D eigenvalue weighted by Gasteiger charge is 2.21. The van der Waals surface area contributed by atoms with E-state index in [9.17, 15) is 9.59 Å². The normalized spacial score (nSPS) is 16.5. The van der Waals surface area contributed by atoms with Crippen LogP contribution in [0.1, 0.15) is 6.92 Å². The molecule has 0 aromatic carbocycles. The van der Waals surface area contributed by atoms with Crippen molar-refractivity contribution in [1.29, 1.82) is 0 Å². The van der Waals surface area contributed by atoms with E-state index in [0.29, 0.717) is 18.0 Å². The first-order chi connectivity index (χ1) is 6.19. The molecule has 1 rings (SSSR count). The molecule has 1 aliphatic rings. The fourth-order valence-corrected chi connectivity index (χ4v) is 1.02. The van der Waals surface area contributed by atoms with Crippen molar-refractivity contribution in [2.45, 2.75) is 6.92 Å². The van der Waals surface area contributed by atoms with Gasteiger partial charge in [0.15, 0.2) is 0 Å². The highest BCUT2D eigenvalue weighted by Crippen LogP contribution is 2.09. The van der Waals surface area contributed by atoms with Crippen molar-refractivity contribution >= 4 is 11.6 Å². The molecular weight excluding hydrogens is 170 g/mol. The molecule has 0 radical (unpaired) electrons. The maximum Gasteiger partial charge on any atom is 0.248 e. The second kappa shape index (κ2) is 3.89. The molecule has 70 valence electrons. The summed E-state index contributed by atoms with van der Waals surface area (Å²) < 4.78 is 4.86. The Bertz CT molecular complexity index is 302. The second-order valence-electron chi connectivity index (χ2n) is 2.53. The van der Waals surface area contributed by atoms with Crippen LogP contribution in [0.4, 0.5) is 0 Å². The summed E-state index contributed by atoms with van der Waals surface area (Å²) in [6, 6.07) is 0. The number of likely N-dealkylation sites (N-methyl/N-ethyl adjacent to an activating group) is 1. The Kier molecular flexibility index (Phi) is 2.84. The zero-order valence-corrected chi connectivity index (χ0v) is 7.59. The Morgan fingerprint density at radius 3 is 2.62 bits per heavy atom. The summed E-state index contributed by atoms with van der Waals surface area (Å²) in [7, 11) is 1.45. The van der Waals surface area contributed by atoms with Gasteiger partial charge in [0.2, 0.25) is 11.6 Å². The van der Waals surface area contributed by atoms with Crippen LogP contribution < -0.4 is 5.32 Å². The Hall–Kier alpha value is -1.58. The molecule has 0 atom stereocenters.